The van der Waals surface area contributed by atoms with Crippen molar-refractivity contribution in [3.8, 4) is 6.07 Å². The van der Waals surface area contributed by atoms with Gasteiger partial charge in [-0.2, -0.15) is 14.0 Å². The predicted molar refractivity (Wildman–Crippen MR) is 36.8 cm³/mol. The molecule has 6 heteroatoms. The summed E-state index contributed by atoms with van der Waals surface area (Å²) < 4.78 is 37.1. The zero-order chi connectivity index (χ0) is 10.6. The van der Waals surface area contributed by atoms with Gasteiger partial charge in [0.15, 0.2) is 6.17 Å². The molecule has 72 valence electrons. The SMILES string of the molecule is CC(F)C(F)(F)/C=C(\C#N)C(=O)O. The summed E-state index contributed by atoms with van der Waals surface area (Å²) in [4.78, 5) is 10.1. The predicted octanol–water partition coefficient (Wildman–Crippen LogP) is 1.51. The molecule has 1 N–H and O–H groups in total. The van der Waals surface area contributed by atoms with E-state index in [0.29, 0.717) is 6.92 Å². The monoisotopic (exact) mass is 193 g/mol. The maximum atomic E-state index is 12.5. The highest BCUT2D eigenvalue weighted by molar-refractivity contribution is 5.91. The van der Waals surface area contributed by atoms with Crippen molar-refractivity contribution in [1.82, 2.24) is 0 Å². The molecule has 0 aliphatic rings. The molecule has 0 aliphatic heterocycles. The Morgan fingerprint density at radius 2 is 2.15 bits per heavy atom. The van der Waals surface area contributed by atoms with Gasteiger partial charge in [-0.1, -0.05) is 0 Å². The summed E-state index contributed by atoms with van der Waals surface area (Å²) >= 11 is 0. The highest BCUT2D eigenvalue weighted by atomic mass is 19.3. The van der Waals surface area contributed by atoms with Crippen molar-refractivity contribution >= 4 is 5.97 Å². The smallest absolute Gasteiger partial charge is 0.346 e. The van der Waals surface area contributed by atoms with Crippen LogP contribution in [-0.4, -0.2) is 23.2 Å². The van der Waals surface area contributed by atoms with Gasteiger partial charge >= 0.3 is 5.97 Å². The second-order valence-electron chi connectivity index (χ2n) is 2.27. The topological polar surface area (TPSA) is 61.1 Å². The Morgan fingerprint density at radius 3 is 2.38 bits per heavy atom. The van der Waals surface area contributed by atoms with Gasteiger partial charge < -0.3 is 5.11 Å². The molecule has 13 heavy (non-hydrogen) atoms. The average molecular weight is 193 g/mol. The van der Waals surface area contributed by atoms with Gasteiger partial charge in [-0.3, -0.25) is 0 Å². The molecule has 0 bridgehead atoms. The van der Waals surface area contributed by atoms with Crippen molar-refractivity contribution in [1.29, 1.82) is 5.26 Å². The van der Waals surface area contributed by atoms with Crippen LogP contribution >= 0.6 is 0 Å². The van der Waals surface area contributed by atoms with Crippen molar-refractivity contribution in [3.63, 3.8) is 0 Å². The fourth-order valence-corrected chi connectivity index (χ4v) is 0.449. The van der Waals surface area contributed by atoms with Crippen LogP contribution in [0.2, 0.25) is 0 Å². The van der Waals surface area contributed by atoms with E-state index in [4.69, 9.17) is 10.4 Å². The molecule has 0 spiro atoms. The molecular weight excluding hydrogens is 187 g/mol. The van der Waals surface area contributed by atoms with Crippen molar-refractivity contribution in [2.45, 2.75) is 19.0 Å². The van der Waals surface area contributed by atoms with E-state index in [1.54, 1.807) is 0 Å². The molecule has 1 atom stereocenters. The molecule has 3 nitrogen and oxygen atoms in total. The van der Waals surface area contributed by atoms with Crippen LogP contribution in [0.15, 0.2) is 11.6 Å². The van der Waals surface area contributed by atoms with Gasteiger partial charge in [0.05, 0.1) is 0 Å². The number of carboxylic acid groups (broad SMARTS) is 1. The summed E-state index contributed by atoms with van der Waals surface area (Å²) in [5.74, 6) is -5.73. The zero-order valence-electron chi connectivity index (χ0n) is 6.59. The number of hydrogen-bond donors (Lipinski definition) is 1. The van der Waals surface area contributed by atoms with Crippen LogP contribution in [-0.2, 0) is 4.79 Å². The van der Waals surface area contributed by atoms with E-state index < -0.39 is 23.6 Å². The second-order valence-corrected chi connectivity index (χ2v) is 2.27. The quantitative estimate of drug-likeness (QED) is 0.545. The van der Waals surface area contributed by atoms with Crippen LogP contribution in [0, 0.1) is 11.3 Å². The van der Waals surface area contributed by atoms with Gasteiger partial charge in [-0.15, -0.1) is 0 Å². The minimum absolute atomic E-state index is 0.194. The van der Waals surface area contributed by atoms with E-state index in [0.717, 1.165) is 6.07 Å². The number of carboxylic acids is 1. The van der Waals surface area contributed by atoms with Crippen molar-refractivity contribution in [2.24, 2.45) is 0 Å². The number of allylic oxidation sites excluding steroid dienone is 1. The molecule has 0 aromatic carbocycles. The lowest BCUT2D eigenvalue weighted by atomic mass is 10.1. The summed E-state index contributed by atoms with van der Waals surface area (Å²) in [6.45, 7) is 0.577. The highest BCUT2D eigenvalue weighted by Gasteiger charge is 2.35. The van der Waals surface area contributed by atoms with Crippen molar-refractivity contribution in [3.05, 3.63) is 11.6 Å². The minimum atomic E-state index is -3.93. The molecule has 1 unspecified atom stereocenters. The first-order valence-corrected chi connectivity index (χ1v) is 3.19. The fourth-order valence-electron chi connectivity index (χ4n) is 0.449. The third-order valence-corrected chi connectivity index (χ3v) is 1.22. The van der Waals surface area contributed by atoms with Gasteiger partial charge in [0, 0.05) is 6.08 Å². The van der Waals surface area contributed by atoms with Gasteiger partial charge in [0.25, 0.3) is 5.92 Å². The Balaban J connectivity index is 4.92. The average Bonchev–Trinajstić information content (AvgIpc) is 1.99. The molecule has 0 aromatic rings. The molecule has 0 aromatic heterocycles. The maximum Gasteiger partial charge on any atom is 0.346 e. The lowest BCUT2D eigenvalue weighted by Gasteiger charge is -2.12. The molecule has 0 amide bonds. The third-order valence-electron chi connectivity index (χ3n) is 1.22. The maximum absolute atomic E-state index is 12.5. The zero-order valence-corrected chi connectivity index (χ0v) is 6.59. The first kappa shape index (κ1) is 11.5. The lowest BCUT2D eigenvalue weighted by molar-refractivity contribution is -0.132. The van der Waals surface area contributed by atoms with Gasteiger partial charge in [0.2, 0.25) is 0 Å². The summed E-state index contributed by atoms with van der Waals surface area (Å²) in [7, 11) is 0. The number of hydrogen-bond acceptors (Lipinski definition) is 2. The molecule has 0 aliphatic carbocycles. The van der Waals surface area contributed by atoms with E-state index in [1.807, 2.05) is 0 Å². The van der Waals surface area contributed by atoms with E-state index in [9.17, 15) is 18.0 Å². The number of alkyl halides is 3. The van der Waals surface area contributed by atoms with Crippen molar-refractivity contribution < 1.29 is 23.1 Å². The summed E-state index contributed by atoms with van der Waals surface area (Å²) in [5, 5.41) is 16.3. The number of halogens is 3. The molecule has 0 radical (unpaired) electrons. The van der Waals surface area contributed by atoms with E-state index in [2.05, 4.69) is 0 Å². The van der Waals surface area contributed by atoms with Gasteiger partial charge in [0.1, 0.15) is 11.6 Å². The van der Waals surface area contributed by atoms with Gasteiger partial charge in [-0.25, -0.2) is 9.18 Å². The standard InChI is InChI=1S/C7H6F3NO2/c1-4(8)7(9,10)2-5(3-11)6(12)13/h2,4H,1H3,(H,12,13)/b5-2+. The van der Waals surface area contributed by atoms with Gasteiger partial charge in [-0.05, 0) is 6.92 Å². The van der Waals surface area contributed by atoms with Crippen LogP contribution in [0.1, 0.15) is 6.92 Å². The molecule has 0 rings (SSSR count). The Morgan fingerprint density at radius 1 is 1.69 bits per heavy atom. The van der Waals surface area contributed by atoms with E-state index in [-0.39, 0.29) is 6.08 Å². The summed E-state index contributed by atoms with van der Waals surface area (Å²) in [6, 6.07) is 1.03. The number of nitrogens with zero attached hydrogens (tertiary/aromatic N) is 1. The molecule has 0 fully saturated rings. The molecule has 0 saturated carbocycles. The van der Waals surface area contributed by atoms with Crippen LogP contribution in [0.4, 0.5) is 13.2 Å². The third kappa shape index (κ3) is 3.15. The number of nitriles is 1. The Hall–Kier alpha value is -1.51. The number of carbonyl (C=O) groups is 1. The van der Waals surface area contributed by atoms with E-state index in [1.165, 1.54) is 0 Å². The highest BCUT2D eigenvalue weighted by Crippen LogP contribution is 2.24. The fraction of sp³-hybridized carbons (Fsp3) is 0.429. The van der Waals surface area contributed by atoms with Crippen LogP contribution in [0.5, 0.6) is 0 Å². The Labute approximate surface area is 72.1 Å². The molecular formula is C7H6F3NO2. The first-order valence-electron chi connectivity index (χ1n) is 3.19. The first-order chi connectivity index (χ1) is 5.81. The molecule has 0 heterocycles. The lowest BCUT2D eigenvalue weighted by Crippen LogP contribution is -2.25. The number of rotatable bonds is 3. The molecule has 0 saturated heterocycles. The Bertz CT molecular complexity index is 278. The second kappa shape index (κ2) is 3.94. The Kier molecular flexibility index (Phi) is 3.48. The van der Waals surface area contributed by atoms with E-state index >= 15 is 0 Å². The number of aliphatic carboxylic acids is 1. The van der Waals surface area contributed by atoms with Crippen molar-refractivity contribution in [2.75, 3.05) is 0 Å². The van der Waals surface area contributed by atoms with Crippen LogP contribution < -0.4 is 0 Å². The summed E-state index contributed by atoms with van der Waals surface area (Å²) in [6.07, 6.45) is -2.73. The van der Waals surface area contributed by atoms with Crippen LogP contribution in [0.3, 0.4) is 0 Å². The minimum Gasteiger partial charge on any atom is -0.477 e. The largest absolute Gasteiger partial charge is 0.477 e. The summed E-state index contributed by atoms with van der Waals surface area (Å²) in [5.41, 5.74) is -1.17. The van der Waals surface area contributed by atoms with Crippen LogP contribution in [0.25, 0.3) is 0 Å². The normalized spacial score (nSPS) is 14.8.